The molecular formula is C30H31F3N4O5. The minimum atomic E-state index is -4.90. The Labute approximate surface area is 240 Å². The Hall–Kier alpha value is -4.35. The lowest BCUT2D eigenvalue weighted by Crippen LogP contribution is -2.50. The molecule has 2 heterocycles. The standard InChI is InChI=1S/C30H31F3N4O5/c1-41-29(40)21-9-7-20(8-10-21)28(39)37-17-15-36(16-18-37)23-13-11-22(12-14-23)34-26(38)24-25(30(31,32)33)42-27(35-24)19-5-3-2-4-6-19/h2-6,11-14,20-21H,7-10,15-18H2,1H3,(H,34,38)/t20-,21+. The predicted molar refractivity (Wildman–Crippen MR) is 148 cm³/mol. The number of carbonyl (C=O) groups excluding carboxylic acids is 3. The molecule has 2 fully saturated rings. The van der Waals surface area contributed by atoms with Gasteiger partial charge in [0.25, 0.3) is 5.91 Å². The molecule has 0 spiro atoms. The molecule has 222 valence electrons. The van der Waals surface area contributed by atoms with E-state index in [2.05, 4.69) is 15.2 Å². The number of hydrogen-bond donors (Lipinski definition) is 1. The van der Waals surface area contributed by atoms with Gasteiger partial charge in [-0.15, -0.1) is 0 Å². The van der Waals surface area contributed by atoms with Crippen LogP contribution in [0, 0.1) is 11.8 Å². The predicted octanol–water partition coefficient (Wildman–Crippen LogP) is 5.24. The highest BCUT2D eigenvalue weighted by atomic mass is 19.4. The zero-order valence-electron chi connectivity index (χ0n) is 23.0. The van der Waals surface area contributed by atoms with E-state index in [0.717, 1.165) is 5.69 Å². The normalized spacial score (nSPS) is 19.3. The summed E-state index contributed by atoms with van der Waals surface area (Å²) in [6.07, 6.45) is -2.22. The van der Waals surface area contributed by atoms with Gasteiger partial charge in [0.2, 0.25) is 17.6 Å². The van der Waals surface area contributed by atoms with E-state index in [4.69, 9.17) is 9.15 Å². The van der Waals surface area contributed by atoms with Gasteiger partial charge in [-0.25, -0.2) is 4.98 Å². The maximum atomic E-state index is 13.6. The number of nitrogens with zero attached hydrogens (tertiary/aromatic N) is 3. The molecule has 2 aromatic carbocycles. The van der Waals surface area contributed by atoms with Crippen LogP contribution in [-0.4, -0.2) is 61.0 Å². The van der Waals surface area contributed by atoms with Gasteiger partial charge in [0, 0.05) is 49.0 Å². The lowest BCUT2D eigenvalue weighted by Gasteiger charge is -2.38. The number of methoxy groups -OCH3 is 1. The van der Waals surface area contributed by atoms with E-state index < -0.39 is 23.5 Å². The highest BCUT2D eigenvalue weighted by Crippen LogP contribution is 2.36. The van der Waals surface area contributed by atoms with Crippen molar-refractivity contribution in [1.82, 2.24) is 9.88 Å². The largest absolute Gasteiger partial charge is 0.469 e. The molecule has 9 nitrogen and oxygen atoms in total. The fraction of sp³-hybridized carbons (Fsp3) is 0.400. The van der Waals surface area contributed by atoms with Crippen molar-refractivity contribution in [2.24, 2.45) is 11.8 Å². The van der Waals surface area contributed by atoms with Crippen molar-refractivity contribution >= 4 is 29.2 Å². The average Bonchev–Trinajstić information content (AvgIpc) is 3.48. The third-order valence-corrected chi connectivity index (χ3v) is 7.81. The average molecular weight is 585 g/mol. The monoisotopic (exact) mass is 584 g/mol. The van der Waals surface area contributed by atoms with Crippen LogP contribution in [0.2, 0.25) is 0 Å². The third kappa shape index (κ3) is 6.42. The SMILES string of the molecule is COC(=O)[C@H]1CC[C@@H](C(=O)N2CCN(c3ccc(NC(=O)c4nc(-c5ccccc5)oc4C(F)(F)F)cc3)CC2)CC1. The fourth-order valence-electron chi connectivity index (χ4n) is 5.50. The van der Waals surface area contributed by atoms with Gasteiger partial charge in [-0.05, 0) is 62.1 Å². The van der Waals surface area contributed by atoms with Crippen molar-refractivity contribution in [2.45, 2.75) is 31.9 Å². The summed E-state index contributed by atoms with van der Waals surface area (Å²) in [4.78, 5) is 45.4. The van der Waals surface area contributed by atoms with Gasteiger partial charge in [-0.1, -0.05) is 18.2 Å². The lowest BCUT2D eigenvalue weighted by atomic mass is 9.81. The number of aromatic nitrogens is 1. The first kappa shape index (κ1) is 29.2. The van der Waals surface area contributed by atoms with Crippen LogP contribution in [0.25, 0.3) is 11.5 Å². The number of amides is 2. The molecule has 2 aliphatic rings. The summed E-state index contributed by atoms with van der Waals surface area (Å²) in [5.41, 5.74) is 0.643. The Bertz CT molecular complexity index is 1410. The zero-order chi connectivity index (χ0) is 29.9. The first-order valence-corrected chi connectivity index (χ1v) is 13.8. The maximum absolute atomic E-state index is 13.6. The molecule has 3 aromatic rings. The molecule has 1 saturated heterocycles. The van der Waals surface area contributed by atoms with Crippen molar-refractivity contribution in [3.8, 4) is 11.5 Å². The molecule has 0 atom stereocenters. The van der Waals surface area contributed by atoms with E-state index in [1.165, 1.54) is 7.11 Å². The first-order chi connectivity index (χ1) is 20.1. The third-order valence-electron chi connectivity index (χ3n) is 7.81. The summed E-state index contributed by atoms with van der Waals surface area (Å²) in [5.74, 6) is -3.08. The Morgan fingerprint density at radius 1 is 0.905 bits per heavy atom. The number of ether oxygens (including phenoxy) is 1. The Kier molecular flexibility index (Phi) is 8.51. The highest BCUT2D eigenvalue weighted by molar-refractivity contribution is 6.04. The number of alkyl halides is 3. The minimum absolute atomic E-state index is 0.0771. The molecular weight excluding hydrogens is 553 g/mol. The Morgan fingerprint density at radius 2 is 1.52 bits per heavy atom. The molecule has 5 rings (SSSR count). The summed E-state index contributed by atoms with van der Waals surface area (Å²) in [7, 11) is 1.38. The Morgan fingerprint density at radius 3 is 2.12 bits per heavy atom. The van der Waals surface area contributed by atoms with Crippen LogP contribution in [0.1, 0.15) is 41.9 Å². The smallest absolute Gasteiger partial charge is 0.452 e. The van der Waals surface area contributed by atoms with Gasteiger partial charge in [0.15, 0.2) is 5.69 Å². The minimum Gasteiger partial charge on any atom is -0.469 e. The number of piperazine rings is 1. The van der Waals surface area contributed by atoms with E-state index in [1.807, 2.05) is 4.90 Å². The number of hydrogen-bond acceptors (Lipinski definition) is 7. The summed E-state index contributed by atoms with van der Waals surface area (Å²) in [5, 5.41) is 2.48. The number of anilines is 2. The van der Waals surface area contributed by atoms with Crippen LogP contribution in [-0.2, 0) is 20.5 Å². The van der Waals surface area contributed by atoms with Gasteiger partial charge in [0.05, 0.1) is 13.0 Å². The van der Waals surface area contributed by atoms with E-state index >= 15 is 0 Å². The second kappa shape index (κ2) is 12.3. The van der Waals surface area contributed by atoms with Crippen LogP contribution in [0.4, 0.5) is 24.5 Å². The summed E-state index contributed by atoms with van der Waals surface area (Å²) in [6.45, 7) is 2.35. The van der Waals surface area contributed by atoms with Crippen LogP contribution >= 0.6 is 0 Å². The molecule has 0 unspecified atom stereocenters. The zero-order valence-corrected chi connectivity index (χ0v) is 23.0. The van der Waals surface area contributed by atoms with Gasteiger partial charge in [0.1, 0.15) is 0 Å². The molecule has 0 radical (unpaired) electrons. The van der Waals surface area contributed by atoms with Crippen LogP contribution in [0.3, 0.4) is 0 Å². The highest BCUT2D eigenvalue weighted by Gasteiger charge is 2.42. The number of esters is 1. The van der Waals surface area contributed by atoms with E-state index in [9.17, 15) is 27.6 Å². The van der Waals surface area contributed by atoms with Crippen molar-refractivity contribution < 1.29 is 36.7 Å². The molecule has 1 saturated carbocycles. The summed E-state index contributed by atoms with van der Waals surface area (Å²) < 4.78 is 50.6. The quantitative estimate of drug-likeness (QED) is 0.395. The van der Waals surface area contributed by atoms with E-state index in [-0.39, 0.29) is 29.6 Å². The van der Waals surface area contributed by atoms with Gasteiger partial charge >= 0.3 is 12.1 Å². The van der Waals surface area contributed by atoms with Crippen molar-refractivity contribution in [3.63, 3.8) is 0 Å². The molecule has 1 N–H and O–H groups in total. The molecule has 1 aliphatic heterocycles. The van der Waals surface area contributed by atoms with E-state index in [0.29, 0.717) is 63.1 Å². The van der Waals surface area contributed by atoms with Crippen molar-refractivity contribution in [1.29, 1.82) is 0 Å². The van der Waals surface area contributed by atoms with Crippen LogP contribution in [0.15, 0.2) is 59.0 Å². The number of rotatable bonds is 6. The molecule has 0 bridgehead atoms. The molecule has 2 amide bonds. The first-order valence-electron chi connectivity index (χ1n) is 13.8. The van der Waals surface area contributed by atoms with Gasteiger partial charge < -0.3 is 24.3 Å². The van der Waals surface area contributed by atoms with Gasteiger partial charge in [-0.3, -0.25) is 14.4 Å². The van der Waals surface area contributed by atoms with Crippen molar-refractivity contribution in [2.75, 3.05) is 43.5 Å². The van der Waals surface area contributed by atoms with Crippen LogP contribution in [0.5, 0.6) is 0 Å². The number of oxazole rings is 1. The topological polar surface area (TPSA) is 105 Å². The van der Waals surface area contributed by atoms with Crippen molar-refractivity contribution in [3.05, 3.63) is 66.1 Å². The Balaban J connectivity index is 1.17. The number of benzene rings is 2. The number of nitrogens with one attached hydrogen (secondary N) is 1. The number of halogens is 3. The summed E-state index contributed by atoms with van der Waals surface area (Å²) >= 11 is 0. The molecule has 42 heavy (non-hydrogen) atoms. The van der Waals surface area contributed by atoms with Gasteiger partial charge in [-0.2, -0.15) is 13.2 Å². The molecule has 1 aromatic heterocycles. The molecule has 12 heteroatoms. The lowest BCUT2D eigenvalue weighted by molar-refractivity contribution is -0.153. The van der Waals surface area contributed by atoms with E-state index in [1.54, 1.807) is 54.6 Å². The fourth-order valence-corrected chi connectivity index (χ4v) is 5.50. The van der Waals surface area contributed by atoms with Crippen LogP contribution < -0.4 is 10.2 Å². The summed E-state index contributed by atoms with van der Waals surface area (Å²) in [6, 6.07) is 14.8. The second-order valence-electron chi connectivity index (χ2n) is 10.4. The number of carbonyl (C=O) groups is 3. The maximum Gasteiger partial charge on any atom is 0.452 e. The molecule has 1 aliphatic carbocycles. The second-order valence-corrected chi connectivity index (χ2v) is 10.4.